The number of esters is 2. The number of aliphatic hydroxyl groups is 1. The van der Waals surface area contributed by atoms with Crippen LogP contribution in [0.25, 0.3) is 6.08 Å². The van der Waals surface area contributed by atoms with Crippen LogP contribution in [0.15, 0.2) is 60.7 Å². The van der Waals surface area contributed by atoms with Gasteiger partial charge in [0, 0.05) is 27.2 Å². The van der Waals surface area contributed by atoms with Crippen LogP contribution in [-0.4, -0.2) is 82.9 Å². The molecule has 49 heavy (non-hydrogen) atoms. The summed E-state index contributed by atoms with van der Waals surface area (Å²) in [6.07, 6.45) is 7.95. The molecular weight excluding hydrogens is 644 g/mol. The van der Waals surface area contributed by atoms with Crippen molar-refractivity contribution in [3.8, 4) is 11.5 Å². The van der Waals surface area contributed by atoms with Crippen LogP contribution in [0.3, 0.4) is 0 Å². The van der Waals surface area contributed by atoms with Crippen LogP contribution in [0.5, 0.6) is 11.5 Å². The molecule has 0 aromatic heterocycles. The van der Waals surface area contributed by atoms with E-state index < -0.39 is 50.2 Å². The van der Waals surface area contributed by atoms with E-state index in [2.05, 4.69) is 19.6 Å². The van der Waals surface area contributed by atoms with Gasteiger partial charge in [-0.1, -0.05) is 62.5 Å². The van der Waals surface area contributed by atoms with Crippen molar-refractivity contribution >= 4 is 26.1 Å². The molecule has 1 saturated heterocycles. The molecule has 2 fully saturated rings. The lowest BCUT2D eigenvalue weighted by Crippen LogP contribution is -2.37. The molecule has 268 valence electrons. The number of rotatable bonds is 16. The van der Waals surface area contributed by atoms with E-state index in [1.54, 1.807) is 49.6 Å². The highest BCUT2D eigenvalue weighted by molar-refractivity contribution is 6.76. The minimum atomic E-state index is -1.44. The number of benzene rings is 2. The first kappa shape index (κ1) is 38.3. The highest BCUT2D eigenvalue weighted by atomic mass is 28.3. The predicted molar refractivity (Wildman–Crippen MR) is 190 cm³/mol. The summed E-state index contributed by atoms with van der Waals surface area (Å²) in [6.45, 7) is 10.6. The third kappa shape index (κ3) is 11.3. The second kappa shape index (κ2) is 17.4. The number of carbonyl (C=O) groups excluding carboxylic acids is 2. The van der Waals surface area contributed by atoms with Gasteiger partial charge in [-0.05, 0) is 69.0 Å². The van der Waals surface area contributed by atoms with Gasteiger partial charge in [-0.2, -0.15) is 0 Å². The topological polar surface area (TPSA) is 119 Å². The minimum Gasteiger partial charge on any atom is -0.497 e. The van der Waals surface area contributed by atoms with Gasteiger partial charge in [0.25, 0.3) is 0 Å². The lowest BCUT2D eigenvalue weighted by Gasteiger charge is -2.25. The van der Waals surface area contributed by atoms with Crippen LogP contribution in [0.4, 0.5) is 0 Å². The highest BCUT2D eigenvalue weighted by Gasteiger charge is 2.45. The standard InChI is InChI=1S/C38H52O10Si/c1-38(2)47-32(35(48-38)31(20-19-26-15-11-17-30(26)39)46-36(40)27-13-9-8-10-14-27)18-12-16-28-23-29(43-4)24-33(45-25-42-3)34(28)37(41)44-21-22-49(5,6)7/h8-10,12-14,16,19-20,23-24,26,30-32,35,39H,11,15,17-18,21-22,25H2,1-7H3/t26?,30?,31?,32-,35+/m1/s1. The Balaban J connectivity index is 1.62. The van der Waals surface area contributed by atoms with Gasteiger partial charge in [-0.25, -0.2) is 9.59 Å². The summed E-state index contributed by atoms with van der Waals surface area (Å²) in [5.41, 5.74) is 1.23. The van der Waals surface area contributed by atoms with E-state index in [-0.39, 0.29) is 24.0 Å². The van der Waals surface area contributed by atoms with Crippen LogP contribution in [0.1, 0.15) is 65.8 Å². The Morgan fingerprint density at radius 1 is 1.06 bits per heavy atom. The summed E-state index contributed by atoms with van der Waals surface area (Å²) >= 11 is 0. The molecule has 2 aromatic carbocycles. The summed E-state index contributed by atoms with van der Waals surface area (Å²) in [5, 5.41) is 10.5. The van der Waals surface area contributed by atoms with E-state index in [0.29, 0.717) is 29.9 Å². The van der Waals surface area contributed by atoms with Crippen LogP contribution < -0.4 is 9.47 Å². The highest BCUT2D eigenvalue weighted by Crippen LogP contribution is 2.36. The molecule has 10 nitrogen and oxygen atoms in total. The minimum absolute atomic E-state index is 0.0295. The maximum atomic E-state index is 13.5. The average Bonchev–Trinajstić information content (AvgIpc) is 3.61. The summed E-state index contributed by atoms with van der Waals surface area (Å²) in [7, 11) is 1.61. The molecule has 0 spiro atoms. The number of methoxy groups -OCH3 is 2. The molecule has 0 radical (unpaired) electrons. The van der Waals surface area contributed by atoms with Crippen molar-refractivity contribution in [3.05, 3.63) is 77.4 Å². The molecule has 3 unspecified atom stereocenters. The number of ether oxygens (including phenoxy) is 7. The third-order valence-corrected chi connectivity index (χ3v) is 10.2. The van der Waals surface area contributed by atoms with E-state index in [1.807, 2.05) is 38.1 Å². The zero-order valence-electron chi connectivity index (χ0n) is 29.8. The molecular formula is C38H52O10Si. The van der Waals surface area contributed by atoms with Gasteiger partial charge < -0.3 is 38.3 Å². The van der Waals surface area contributed by atoms with Crippen molar-refractivity contribution in [2.75, 3.05) is 27.6 Å². The molecule has 4 rings (SSSR count). The first-order valence-corrected chi connectivity index (χ1v) is 20.7. The third-order valence-electron chi connectivity index (χ3n) is 8.51. The van der Waals surface area contributed by atoms with Crippen molar-refractivity contribution in [2.24, 2.45) is 5.92 Å². The predicted octanol–water partition coefficient (Wildman–Crippen LogP) is 7.04. The lowest BCUT2D eigenvalue weighted by molar-refractivity contribution is -0.152. The van der Waals surface area contributed by atoms with E-state index in [0.717, 1.165) is 25.3 Å². The van der Waals surface area contributed by atoms with Crippen LogP contribution >= 0.6 is 0 Å². The summed E-state index contributed by atoms with van der Waals surface area (Å²) in [6, 6.07) is 13.0. The van der Waals surface area contributed by atoms with Crippen molar-refractivity contribution in [1.29, 1.82) is 0 Å². The van der Waals surface area contributed by atoms with Gasteiger partial charge >= 0.3 is 11.9 Å². The van der Waals surface area contributed by atoms with Crippen molar-refractivity contribution < 1.29 is 47.9 Å². The normalized spacial score (nSPS) is 22.8. The van der Waals surface area contributed by atoms with Crippen LogP contribution in [0.2, 0.25) is 25.7 Å². The van der Waals surface area contributed by atoms with Crippen LogP contribution in [-0.2, 0) is 23.7 Å². The molecule has 0 bridgehead atoms. The van der Waals surface area contributed by atoms with Gasteiger partial charge in [-0.15, -0.1) is 0 Å². The Hall–Kier alpha value is -3.48. The molecule has 1 saturated carbocycles. The number of aliphatic hydroxyl groups excluding tert-OH is 1. The molecule has 0 amide bonds. The molecule has 2 aliphatic rings. The van der Waals surface area contributed by atoms with Crippen LogP contribution in [0, 0.1) is 5.92 Å². The van der Waals surface area contributed by atoms with Crippen molar-refractivity contribution in [1.82, 2.24) is 0 Å². The Morgan fingerprint density at radius 3 is 2.47 bits per heavy atom. The van der Waals surface area contributed by atoms with E-state index >= 15 is 0 Å². The molecule has 5 atom stereocenters. The SMILES string of the molecule is COCOc1cc(OC)cc(C=CC[C@H]2OC(C)(C)O[C@H]2C(C=CC2CCCC2O)OC(=O)c2ccccc2)c1C(=O)OCC[Si](C)(C)C. The van der Waals surface area contributed by atoms with Gasteiger partial charge in [0.1, 0.15) is 29.3 Å². The Labute approximate surface area is 291 Å². The fourth-order valence-corrected chi connectivity index (χ4v) is 6.63. The maximum Gasteiger partial charge on any atom is 0.342 e. The zero-order valence-corrected chi connectivity index (χ0v) is 30.8. The van der Waals surface area contributed by atoms with Gasteiger partial charge in [0.15, 0.2) is 12.6 Å². The van der Waals surface area contributed by atoms with Gasteiger partial charge in [0.05, 0.1) is 31.5 Å². The number of hydrogen-bond acceptors (Lipinski definition) is 10. The second-order valence-corrected chi connectivity index (χ2v) is 19.8. The molecule has 1 N–H and O–H groups in total. The molecule has 11 heteroatoms. The maximum absolute atomic E-state index is 13.5. The largest absolute Gasteiger partial charge is 0.497 e. The van der Waals surface area contributed by atoms with E-state index in [4.69, 9.17) is 33.2 Å². The monoisotopic (exact) mass is 696 g/mol. The number of carbonyl (C=O) groups is 2. The fourth-order valence-electron chi connectivity index (χ4n) is 5.92. The fraction of sp³-hybridized carbons (Fsp3) is 0.526. The quantitative estimate of drug-likeness (QED) is 0.0848. The lowest BCUT2D eigenvalue weighted by atomic mass is 9.99. The average molecular weight is 697 g/mol. The Morgan fingerprint density at radius 2 is 1.82 bits per heavy atom. The van der Waals surface area contributed by atoms with Crippen molar-refractivity contribution in [2.45, 2.75) is 95.4 Å². The molecule has 1 aliphatic heterocycles. The molecule has 1 aliphatic carbocycles. The van der Waals surface area contributed by atoms with E-state index in [9.17, 15) is 14.7 Å². The van der Waals surface area contributed by atoms with Gasteiger partial charge in [0.2, 0.25) is 0 Å². The van der Waals surface area contributed by atoms with Gasteiger partial charge in [-0.3, -0.25) is 0 Å². The first-order chi connectivity index (χ1) is 23.3. The second-order valence-electron chi connectivity index (χ2n) is 14.1. The molecule has 2 aromatic rings. The van der Waals surface area contributed by atoms with Crippen molar-refractivity contribution in [3.63, 3.8) is 0 Å². The zero-order chi connectivity index (χ0) is 35.6. The first-order valence-electron chi connectivity index (χ1n) is 17.0. The summed E-state index contributed by atoms with van der Waals surface area (Å²) in [5.74, 6) is -1.19. The number of hydrogen-bond donors (Lipinski definition) is 1. The molecule has 1 heterocycles. The van der Waals surface area contributed by atoms with E-state index in [1.165, 1.54) is 7.11 Å². The Bertz CT molecular complexity index is 1450. The Kier molecular flexibility index (Phi) is 13.6. The summed E-state index contributed by atoms with van der Waals surface area (Å²) < 4.78 is 40.9. The smallest absolute Gasteiger partial charge is 0.342 e. The summed E-state index contributed by atoms with van der Waals surface area (Å²) in [4.78, 5) is 26.7.